The van der Waals surface area contributed by atoms with Gasteiger partial charge in [0.05, 0.1) is 11.0 Å². The van der Waals surface area contributed by atoms with Crippen LogP contribution in [-0.2, 0) is 20.7 Å². The van der Waals surface area contributed by atoms with Crippen LogP contribution in [0.25, 0.3) is 0 Å². The Labute approximate surface area is 117 Å². The fraction of sp³-hybridized carbons (Fsp3) is 0.600. The first-order valence-electron chi connectivity index (χ1n) is 6.98. The molecule has 0 bridgehead atoms. The van der Waals surface area contributed by atoms with Crippen LogP contribution in [-0.4, -0.2) is 14.5 Å². The van der Waals surface area contributed by atoms with Crippen molar-refractivity contribution in [2.75, 3.05) is 0 Å². The smallest absolute Gasteiger partial charge is 0.264 e. The first-order chi connectivity index (χ1) is 8.95. The van der Waals surface area contributed by atoms with E-state index in [1.54, 1.807) is 26.0 Å². The van der Waals surface area contributed by atoms with Gasteiger partial charge in [-0.25, -0.2) is 0 Å². The summed E-state index contributed by atoms with van der Waals surface area (Å²) in [5.74, 6) is 0. The summed E-state index contributed by atoms with van der Waals surface area (Å²) in [5.41, 5.74) is 1.18. The quantitative estimate of drug-likeness (QED) is 0.537. The topological polar surface area (TPSA) is 43.4 Å². The molecule has 0 radical (unpaired) electrons. The normalized spacial score (nSPS) is 12.0. The largest absolute Gasteiger partial charge is 0.297 e. The number of unbranched alkanes of at least 4 members (excludes halogenated alkanes) is 3. The minimum atomic E-state index is -3.61. The van der Waals surface area contributed by atoms with Gasteiger partial charge in [0.15, 0.2) is 0 Å². The van der Waals surface area contributed by atoms with Crippen molar-refractivity contribution in [1.29, 1.82) is 0 Å². The Morgan fingerprint density at radius 1 is 1.05 bits per heavy atom. The first-order valence-corrected chi connectivity index (χ1v) is 8.38. The maximum Gasteiger partial charge on any atom is 0.297 e. The number of aryl methyl sites for hydroxylation is 1. The second-order valence-electron chi connectivity index (χ2n) is 5.05. The fourth-order valence-electron chi connectivity index (χ4n) is 1.89. The zero-order chi connectivity index (χ0) is 14.3. The minimum Gasteiger partial charge on any atom is -0.264 e. The highest BCUT2D eigenvalue weighted by Gasteiger charge is 2.16. The van der Waals surface area contributed by atoms with Gasteiger partial charge in [-0.3, -0.25) is 4.18 Å². The summed E-state index contributed by atoms with van der Waals surface area (Å²) in [6.07, 6.45) is 5.54. The van der Waals surface area contributed by atoms with E-state index in [4.69, 9.17) is 4.18 Å². The molecule has 0 saturated heterocycles. The second-order valence-corrected chi connectivity index (χ2v) is 6.63. The average Bonchev–Trinajstić information content (AvgIpc) is 2.34. The summed E-state index contributed by atoms with van der Waals surface area (Å²) in [6.45, 7) is 5.60. The number of hydrogen-bond acceptors (Lipinski definition) is 3. The van der Waals surface area contributed by atoms with Crippen molar-refractivity contribution in [3.05, 3.63) is 29.8 Å². The lowest BCUT2D eigenvalue weighted by atomic mass is 10.1. The van der Waals surface area contributed by atoms with Gasteiger partial charge >= 0.3 is 0 Å². The van der Waals surface area contributed by atoms with Gasteiger partial charge in [-0.05, 0) is 44.4 Å². The molecule has 0 amide bonds. The Balaban J connectivity index is 2.61. The third kappa shape index (κ3) is 5.74. The van der Waals surface area contributed by atoms with Gasteiger partial charge in [0, 0.05) is 0 Å². The van der Waals surface area contributed by atoms with Gasteiger partial charge in [-0.2, -0.15) is 8.42 Å². The van der Waals surface area contributed by atoms with Crippen molar-refractivity contribution >= 4 is 10.1 Å². The van der Waals surface area contributed by atoms with Gasteiger partial charge in [-0.15, -0.1) is 0 Å². The van der Waals surface area contributed by atoms with E-state index in [0.29, 0.717) is 0 Å². The Morgan fingerprint density at radius 2 is 1.68 bits per heavy atom. The molecule has 0 aromatic heterocycles. The van der Waals surface area contributed by atoms with Gasteiger partial charge in [0.2, 0.25) is 0 Å². The average molecular weight is 284 g/mol. The van der Waals surface area contributed by atoms with Crippen molar-refractivity contribution in [3.63, 3.8) is 0 Å². The van der Waals surface area contributed by atoms with Gasteiger partial charge in [-0.1, -0.05) is 38.3 Å². The zero-order valence-electron chi connectivity index (χ0n) is 12.1. The maximum atomic E-state index is 11.8. The Hall–Kier alpha value is -0.870. The first kappa shape index (κ1) is 16.2. The van der Waals surface area contributed by atoms with Gasteiger partial charge < -0.3 is 0 Å². The van der Waals surface area contributed by atoms with E-state index >= 15 is 0 Å². The van der Waals surface area contributed by atoms with Crippen molar-refractivity contribution in [3.8, 4) is 0 Å². The van der Waals surface area contributed by atoms with E-state index < -0.39 is 10.1 Å². The highest BCUT2D eigenvalue weighted by Crippen LogP contribution is 2.16. The molecule has 0 heterocycles. The van der Waals surface area contributed by atoms with Crippen LogP contribution in [0.5, 0.6) is 0 Å². The van der Waals surface area contributed by atoms with E-state index in [9.17, 15) is 8.42 Å². The van der Waals surface area contributed by atoms with E-state index in [2.05, 4.69) is 6.92 Å². The van der Waals surface area contributed by atoms with Crippen LogP contribution in [0.2, 0.25) is 0 Å². The lowest BCUT2D eigenvalue weighted by Crippen LogP contribution is -2.12. The molecule has 0 aliphatic carbocycles. The van der Waals surface area contributed by atoms with E-state index in [1.807, 2.05) is 12.1 Å². The molecule has 0 aliphatic rings. The summed E-state index contributed by atoms with van der Waals surface area (Å²) in [6, 6.07) is 7.02. The van der Waals surface area contributed by atoms with Crippen LogP contribution in [0.15, 0.2) is 29.2 Å². The van der Waals surface area contributed by atoms with Crippen molar-refractivity contribution in [2.45, 2.75) is 63.9 Å². The zero-order valence-corrected chi connectivity index (χ0v) is 12.9. The highest BCUT2D eigenvalue weighted by atomic mass is 32.2. The molecule has 0 fully saturated rings. The highest BCUT2D eigenvalue weighted by molar-refractivity contribution is 7.86. The summed E-state index contributed by atoms with van der Waals surface area (Å²) < 4.78 is 28.6. The third-order valence-electron chi connectivity index (χ3n) is 2.85. The molecule has 3 nitrogen and oxygen atoms in total. The van der Waals surface area contributed by atoms with Crippen LogP contribution < -0.4 is 0 Å². The van der Waals surface area contributed by atoms with Crippen molar-refractivity contribution < 1.29 is 12.6 Å². The molecule has 1 aromatic carbocycles. The minimum absolute atomic E-state index is 0.235. The van der Waals surface area contributed by atoms with Crippen LogP contribution in [0, 0.1) is 0 Å². The Bertz CT molecular complexity index is 461. The van der Waals surface area contributed by atoms with E-state index in [1.165, 1.54) is 24.8 Å². The Morgan fingerprint density at radius 3 is 2.21 bits per heavy atom. The second kappa shape index (κ2) is 7.65. The molecular formula is C15H24O3S. The molecule has 0 aliphatic heterocycles. The van der Waals surface area contributed by atoms with Crippen LogP contribution in [0.3, 0.4) is 0 Å². The molecule has 0 unspecified atom stereocenters. The molecule has 19 heavy (non-hydrogen) atoms. The molecule has 0 saturated carbocycles. The van der Waals surface area contributed by atoms with Crippen LogP contribution in [0.4, 0.5) is 0 Å². The van der Waals surface area contributed by atoms with Gasteiger partial charge in [0.25, 0.3) is 10.1 Å². The van der Waals surface area contributed by atoms with Gasteiger partial charge in [0.1, 0.15) is 0 Å². The lowest BCUT2D eigenvalue weighted by Gasteiger charge is -2.09. The number of benzene rings is 1. The molecule has 0 atom stereocenters. The van der Waals surface area contributed by atoms with E-state index in [0.717, 1.165) is 12.8 Å². The van der Waals surface area contributed by atoms with E-state index in [-0.39, 0.29) is 11.0 Å². The monoisotopic (exact) mass is 284 g/mol. The lowest BCUT2D eigenvalue weighted by molar-refractivity contribution is 0.249. The predicted molar refractivity (Wildman–Crippen MR) is 77.7 cm³/mol. The van der Waals surface area contributed by atoms with Crippen LogP contribution in [0.1, 0.15) is 52.0 Å². The Kier molecular flexibility index (Phi) is 6.52. The third-order valence-corrected chi connectivity index (χ3v) is 4.34. The predicted octanol–water partition coefficient (Wildman–Crippen LogP) is 3.92. The van der Waals surface area contributed by atoms with Crippen molar-refractivity contribution in [1.82, 2.24) is 0 Å². The fourth-order valence-corrected chi connectivity index (χ4v) is 2.97. The molecule has 1 aromatic rings. The van der Waals surface area contributed by atoms with Crippen LogP contribution >= 0.6 is 0 Å². The number of rotatable bonds is 8. The number of hydrogen-bond donors (Lipinski definition) is 0. The molecule has 0 N–H and O–H groups in total. The summed E-state index contributed by atoms with van der Waals surface area (Å²) >= 11 is 0. The van der Waals surface area contributed by atoms with Crippen molar-refractivity contribution in [2.24, 2.45) is 0 Å². The summed E-state index contributed by atoms with van der Waals surface area (Å²) in [5, 5.41) is 0. The standard InChI is InChI=1S/C15H24O3S/c1-4-5-6-7-8-14-9-11-15(12-10-14)19(16,17)18-13(2)3/h9-13H,4-8H2,1-3H3. The molecule has 1 rings (SSSR count). The molecule has 0 spiro atoms. The molecular weight excluding hydrogens is 260 g/mol. The summed E-state index contributed by atoms with van der Waals surface area (Å²) in [7, 11) is -3.61. The SMILES string of the molecule is CCCCCCc1ccc(S(=O)(=O)OC(C)C)cc1. The molecule has 108 valence electrons. The maximum absolute atomic E-state index is 11.8. The summed E-state index contributed by atoms with van der Waals surface area (Å²) in [4.78, 5) is 0.235. The molecule has 4 heteroatoms.